The Morgan fingerprint density at radius 2 is 1.61 bits per heavy atom. The van der Waals surface area contributed by atoms with Gasteiger partial charge >= 0.3 is 0 Å². The highest BCUT2D eigenvalue weighted by atomic mass is 35.5. The summed E-state index contributed by atoms with van der Waals surface area (Å²) in [6.07, 6.45) is 2.42. The molecule has 3 aliphatic heterocycles. The van der Waals surface area contributed by atoms with E-state index in [4.69, 9.17) is 11.6 Å². The molecule has 0 aromatic heterocycles. The van der Waals surface area contributed by atoms with Crippen LogP contribution in [0.5, 0.6) is 0 Å². The van der Waals surface area contributed by atoms with Crippen LogP contribution in [-0.2, 0) is 5.60 Å². The molecular formula is C20H23ClNO+. The molecule has 0 amide bonds. The van der Waals surface area contributed by atoms with Crippen molar-refractivity contribution in [3.8, 4) is 0 Å². The average Bonchev–Trinajstić information content (AvgIpc) is 2.63. The first-order valence-corrected chi connectivity index (χ1v) is 8.94. The van der Waals surface area contributed by atoms with Crippen molar-refractivity contribution in [2.24, 2.45) is 11.8 Å². The zero-order chi connectivity index (χ0) is 15.9. The molecule has 3 saturated heterocycles. The van der Waals surface area contributed by atoms with Crippen LogP contribution in [0.2, 0.25) is 5.02 Å². The van der Waals surface area contributed by atoms with Crippen molar-refractivity contribution in [2.75, 3.05) is 19.6 Å². The van der Waals surface area contributed by atoms with Crippen LogP contribution in [0, 0.1) is 11.8 Å². The summed E-state index contributed by atoms with van der Waals surface area (Å²) in [5.41, 5.74) is 0.813. The fraction of sp³-hybridized carbons (Fsp3) is 0.400. The Labute approximate surface area is 142 Å². The minimum absolute atomic E-state index is 0.224. The molecule has 2 aromatic carbocycles. The molecule has 0 aliphatic carbocycles. The van der Waals surface area contributed by atoms with Crippen LogP contribution >= 0.6 is 11.6 Å². The smallest absolute Gasteiger partial charge is 0.124 e. The predicted octanol–water partition coefficient (Wildman–Crippen LogP) is 2.50. The summed E-state index contributed by atoms with van der Waals surface area (Å²) < 4.78 is 0. The number of fused-ring (bicyclic) bond motifs is 3. The van der Waals surface area contributed by atoms with Crippen LogP contribution < -0.4 is 4.90 Å². The van der Waals surface area contributed by atoms with Crippen LogP contribution in [0.4, 0.5) is 0 Å². The molecule has 0 unspecified atom stereocenters. The van der Waals surface area contributed by atoms with E-state index in [0.717, 1.165) is 17.7 Å². The molecule has 0 spiro atoms. The molecular weight excluding hydrogens is 306 g/mol. The summed E-state index contributed by atoms with van der Waals surface area (Å²) in [7, 11) is 0. The van der Waals surface area contributed by atoms with E-state index in [-0.39, 0.29) is 5.92 Å². The molecule has 2 atom stereocenters. The Morgan fingerprint density at radius 3 is 2.22 bits per heavy atom. The second-order valence-electron chi connectivity index (χ2n) is 7.01. The third kappa shape index (κ3) is 2.50. The number of aliphatic hydroxyl groups is 1. The van der Waals surface area contributed by atoms with Gasteiger partial charge in [-0.2, -0.15) is 0 Å². The summed E-state index contributed by atoms with van der Waals surface area (Å²) >= 11 is 6.51. The summed E-state index contributed by atoms with van der Waals surface area (Å²) in [5, 5.41) is 12.6. The number of quaternary nitrogens is 1. The van der Waals surface area contributed by atoms with Gasteiger partial charge in [0, 0.05) is 29.3 Å². The number of benzene rings is 2. The lowest BCUT2D eigenvalue weighted by Gasteiger charge is -2.49. The third-order valence-electron chi connectivity index (χ3n) is 5.85. The first-order chi connectivity index (χ1) is 11.2. The number of halogens is 1. The van der Waals surface area contributed by atoms with Crippen LogP contribution in [0.1, 0.15) is 24.0 Å². The maximum atomic E-state index is 12.0. The maximum Gasteiger partial charge on any atom is 0.124 e. The summed E-state index contributed by atoms with van der Waals surface area (Å²) in [4.78, 5) is 1.62. The topological polar surface area (TPSA) is 24.7 Å². The predicted molar refractivity (Wildman–Crippen MR) is 92.7 cm³/mol. The van der Waals surface area contributed by atoms with Crippen LogP contribution in [0.25, 0.3) is 0 Å². The van der Waals surface area contributed by atoms with E-state index in [0.29, 0.717) is 10.9 Å². The van der Waals surface area contributed by atoms with Crippen molar-refractivity contribution >= 4 is 11.6 Å². The molecule has 2 nitrogen and oxygen atoms in total. The van der Waals surface area contributed by atoms with Gasteiger partial charge in [0.2, 0.25) is 0 Å². The van der Waals surface area contributed by atoms with Crippen LogP contribution in [0.3, 0.4) is 0 Å². The van der Waals surface area contributed by atoms with E-state index in [1.807, 2.05) is 54.6 Å². The van der Waals surface area contributed by atoms with Gasteiger partial charge in [-0.1, -0.05) is 60.1 Å². The molecule has 23 heavy (non-hydrogen) atoms. The van der Waals surface area contributed by atoms with E-state index in [9.17, 15) is 5.11 Å². The Bertz CT molecular complexity index is 681. The van der Waals surface area contributed by atoms with Gasteiger partial charge in [0.1, 0.15) is 5.60 Å². The minimum Gasteiger partial charge on any atom is -0.380 e. The zero-order valence-electron chi connectivity index (χ0n) is 13.2. The number of hydrogen-bond donors (Lipinski definition) is 2. The molecule has 3 heterocycles. The van der Waals surface area contributed by atoms with Gasteiger partial charge in [-0.05, 0) is 17.5 Å². The second-order valence-corrected chi connectivity index (χ2v) is 7.42. The van der Waals surface area contributed by atoms with Gasteiger partial charge in [-0.15, -0.1) is 0 Å². The molecule has 0 saturated carbocycles. The molecule has 2 aromatic rings. The van der Waals surface area contributed by atoms with Gasteiger partial charge in [0.25, 0.3) is 0 Å². The SMILES string of the molecule is O[C@@](c1ccccc1)(c1ccccc1Cl)[C@@H]1C[NH+]2CCC1CC2. The van der Waals surface area contributed by atoms with E-state index in [1.54, 1.807) is 4.90 Å². The lowest BCUT2D eigenvalue weighted by molar-refractivity contribution is -0.922. The Morgan fingerprint density at radius 1 is 0.957 bits per heavy atom. The van der Waals surface area contributed by atoms with Gasteiger partial charge in [-0.3, -0.25) is 0 Å². The highest BCUT2D eigenvalue weighted by Crippen LogP contribution is 2.45. The molecule has 3 fully saturated rings. The van der Waals surface area contributed by atoms with Crippen molar-refractivity contribution in [1.29, 1.82) is 0 Å². The second kappa shape index (κ2) is 5.94. The highest BCUT2D eigenvalue weighted by Gasteiger charge is 2.51. The Hall–Kier alpha value is -1.35. The normalized spacial score (nSPS) is 29.2. The van der Waals surface area contributed by atoms with Crippen molar-refractivity contribution in [2.45, 2.75) is 18.4 Å². The van der Waals surface area contributed by atoms with Crippen molar-refractivity contribution in [3.63, 3.8) is 0 Å². The summed E-state index contributed by atoms with van der Waals surface area (Å²) in [6.45, 7) is 3.52. The first kappa shape index (κ1) is 15.2. The molecule has 2 bridgehead atoms. The van der Waals surface area contributed by atoms with E-state index in [2.05, 4.69) is 0 Å². The number of rotatable bonds is 3. The maximum absolute atomic E-state index is 12.0. The monoisotopic (exact) mass is 328 g/mol. The molecule has 3 heteroatoms. The lowest BCUT2D eigenvalue weighted by Crippen LogP contribution is -3.16. The van der Waals surface area contributed by atoms with Crippen molar-refractivity contribution in [1.82, 2.24) is 0 Å². The standard InChI is InChI=1S/C20H22ClNO/c21-19-9-5-4-8-17(19)20(23,16-6-2-1-3-7-16)18-14-22-12-10-15(18)11-13-22/h1-9,15,18,23H,10-14H2/p+1/t18-,20+/m1/s1. The van der Waals surface area contributed by atoms with Gasteiger partial charge in [-0.25, -0.2) is 0 Å². The van der Waals surface area contributed by atoms with Crippen molar-refractivity contribution in [3.05, 3.63) is 70.7 Å². The number of piperidine rings is 3. The quantitative estimate of drug-likeness (QED) is 0.889. The van der Waals surface area contributed by atoms with Crippen LogP contribution in [0.15, 0.2) is 54.6 Å². The van der Waals surface area contributed by atoms with Crippen LogP contribution in [-0.4, -0.2) is 24.7 Å². The number of nitrogens with one attached hydrogen (secondary N) is 1. The summed E-state index contributed by atoms with van der Waals surface area (Å²) in [6, 6.07) is 17.9. The Balaban J connectivity index is 1.86. The van der Waals surface area contributed by atoms with Gasteiger partial charge < -0.3 is 10.0 Å². The van der Waals surface area contributed by atoms with E-state index in [1.165, 1.54) is 25.9 Å². The first-order valence-electron chi connectivity index (χ1n) is 8.56. The molecule has 120 valence electrons. The highest BCUT2D eigenvalue weighted by molar-refractivity contribution is 6.31. The van der Waals surface area contributed by atoms with Crippen molar-refractivity contribution < 1.29 is 10.0 Å². The van der Waals surface area contributed by atoms with Gasteiger partial charge in [0.05, 0.1) is 19.6 Å². The average molecular weight is 329 g/mol. The largest absolute Gasteiger partial charge is 0.380 e. The molecule has 2 N–H and O–H groups in total. The van der Waals surface area contributed by atoms with Gasteiger partial charge in [0.15, 0.2) is 0 Å². The Kier molecular flexibility index (Phi) is 3.92. The summed E-state index contributed by atoms with van der Waals surface area (Å²) in [5.74, 6) is 0.802. The molecule has 3 aliphatic rings. The fourth-order valence-electron chi connectivity index (χ4n) is 4.65. The van der Waals surface area contributed by atoms with E-state index >= 15 is 0 Å². The fourth-order valence-corrected chi connectivity index (χ4v) is 4.93. The minimum atomic E-state index is -1.00. The van der Waals surface area contributed by atoms with E-state index < -0.39 is 5.60 Å². The molecule has 5 rings (SSSR count). The molecule has 0 radical (unpaired) electrons. The lowest BCUT2D eigenvalue weighted by atomic mass is 9.65. The number of hydrogen-bond acceptors (Lipinski definition) is 1. The zero-order valence-corrected chi connectivity index (χ0v) is 14.0. The third-order valence-corrected chi connectivity index (χ3v) is 6.18.